The van der Waals surface area contributed by atoms with Crippen molar-refractivity contribution in [2.45, 2.75) is 61.5 Å². The summed E-state index contributed by atoms with van der Waals surface area (Å²) in [6, 6.07) is 0. The Morgan fingerprint density at radius 1 is 0.941 bits per heavy atom. The van der Waals surface area contributed by atoms with Crippen LogP contribution < -0.4 is 0 Å². The Hall–Kier alpha value is -0.300. The fourth-order valence-electron chi connectivity index (χ4n) is 2.47. The van der Waals surface area contributed by atoms with Gasteiger partial charge in [-0.15, -0.1) is 0 Å². The number of hydrogen-bond donors (Lipinski definition) is 0. The molecule has 1 heteroatoms. The predicted molar refractivity (Wildman–Crippen MR) is 75.1 cm³/mol. The number of rotatable bonds is 1. The molecule has 0 aromatic carbocycles. The molecule has 0 saturated carbocycles. The highest BCUT2D eigenvalue weighted by Crippen LogP contribution is 2.50. The molecular weight excluding hydrogens is 208 g/mol. The quantitative estimate of drug-likeness (QED) is 0.603. The second kappa shape index (κ2) is 4.42. The Kier molecular flexibility index (Phi) is 3.84. The van der Waals surface area contributed by atoms with Crippen LogP contribution in [0.25, 0.3) is 0 Å². The molecule has 1 heterocycles. The fourth-order valence-corrected chi connectivity index (χ4v) is 2.47. The Morgan fingerprint density at radius 3 is 1.88 bits per heavy atom. The number of hydrogen-bond acceptors (Lipinski definition) is 1. The van der Waals surface area contributed by atoms with Gasteiger partial charge in [0.25, 0.3) is 0 Å². The van der Waals surface area contributed by atoms with Crippen LogP contribution in [0.2, 0.25) is 0 Å². The van der Waals surface area contributed by atoms with E-state index in [1.165, 1.54) is 0 Å². The molecule has 0 bridgehead atoms. The highest BCUT2D eigenvalue weighted by atomic mass is 16.5. The van der Waals surface area contributed by atoms with Crippen molar-refractivity contribution in [3.63, 3.8) is 0 Å². The number of ether oxygens (including phenoxy) is 1. The second-order valence-electron chi connectivity index (χ2n) is 8.05. The summed E-state index contributed by atoms with van der Waals surface area (Å²) >= 11 is 0. The van der Waals surface area contributed by atoms with Crippen LogP contribution in [0.1, 0.15) is 55.4 Å². The zero-order valence-electron chi connectivity index (χ0n) is 12.9. The molecule has 0 aromatic heterocycles. The molecule has 100 valence electrons. The summed E-state index contributed by atoms with van der Waals surface area (Å²) in [6.07, 6.45) is 4.87. The van der Waals surface area contributed by atoms with Crippen molar-refractivity contribution in [3.05, 3.63) is 12.2 Å². The Bertz CT molecular complexity index is 286. The summed E-state index contributed by atoms with van der Waals surface area (Å²) in [6.45, 7) is 19.3. The molecule has 1 rings (SSSR count). The molecule has 0 fully saturated rings. The molecule has 0 aromatic rings. The van der Waals surface area contributed by atoms with Gasteiger partial charge in [-0.05, 0) is 16.2 Å². The van der Waals surface area contributed by atoms with Gasteiger partial charge in [0.1, 0.15) is 0 Å². The average molecular weight is 238 g/mol. The standard InChI is InChI=1S/C16H30O/c1-14(2,3)13-12(10-9-11-17-13)16(7,8)15(4,5)6/h9-10,12-13H,11H2,1-8H3. The highest BCUT2D eigenvalue weighted by molar-refractivity contribution is 5.08. The van der Waals surface area contributed by atoms with Gasteiger partial charge in [-0.25, -0.2) is 0 Å². The van der Waals surface area contributed by atoms with Gasteiger partial charge in [0.15, 0.2) is 0 Å². The highest BCUT2D eigenvalue weighted by Gasteiger charge is 2.46. The van der Waals surface area contributed by atoms with Gasteiger partial charge in [-0.2, -0.15) is 0 Å². The summed E-state index contributed by atoms with van der Waals surface area (Å²) in [5, 5.41) is 0. The summed E-state index contributed by atoms with van der Waals surface area (Å²) in [4.78, 5) is 0. The van der Waals surface area contributed by atoms with Crippen LogP contribution in [-0.4, -0.2) is 12.7 Å². The third-order valence-electron chi connectivity index (χ3n) is 4.66. The van der Waals surface area contributed by atoms with Crippen molar-refractivity contribution >= 4 is 0 Å². The molecule has 0 amide bonds. The Morgan fingerprint density at radius 2 is 1.47 bits per heavy atom. The zero-order chi connectivity index (χ0) is 13.5. The SMILES string of the molecule is CC(C)(C)C1OCC=CC1C(C)(C)C(C)(C)C. The Balaban J connectivity index is 3.09. The van der Waals surface area contributed by atoms with E-state index < -0.39 is 0 Å². The molecule has 0 aliphatic carbocycles. The average Bonchev–Trinajstić information content (AvgIpc) is 2.14. The van der Waals surface area contributed by atoms with Gasteiger partial charge in [0.2, 0.25) is 0 Å². The lowest BCUT2D eigenvalue weighted by molar-refractivity contribution is -0.0943. The molecule has 0 N–H and O–H groups in total. The van der Waals surface area contributed by atoms with Gasteiger partial charge in [0.05, 0.1) is 12.7 Å². The van der Waals surface area contributed by atoms with Crippen molar-refractivity contribution in [3.8, 4) is 0 Å². The molecule has 0 radical (unpaired) electrons. The van der Waals surface area contributed by atoms with Crippen LogP contribution in [0.5, 0.6) is 0 Å². The van der Waals surface area contributed by atoms with E-state index in [1.807, 2.05) is 0 Å². The van der Waals surface area contributed by atoms with Crippen LogP contribution in [0.3, 0.4) is 0 Å². The first kappa shape index (κ1) is 14.8. The van der Waals surface area contributed by atoms with Gasteiger partial charge < -0.3 is 4.74 Å². The first-order chi connectivity index (χ1) is 7.48. The minimum atomic E-state index is 0.192. The topological polar surface area (TPSA) is 9.23 Å². The summed E-state index contributed by atoms with van der Waals surface area (Å²) in [5.74, 6) is 0.483. The first-order valence-electron chi connectivity index (χ1n) is 6.76. The van der Waals surface area contributed by atoms with E-state index in [2.05, 4.69) is 67.5 Å². The first-order valence-corrected chi connectivity index (χ1v) is 6.76. The third kappa shape index (κ3) is 2.93. The van der Waals surface area contributed by atoms with Crippen LogP contribution in [-0.2, 0) is 4.74 Å². The van der Waals surface area contributed by atoms with E-state index in [9.17, 15) is 0 Å². The van der Waals surface area contributed by atoms with Crippen molar-refractivity contribution in [2.24, 2.45) is 22.2 Å². The van der Waals surface area contributed by atoms with E-state index in [-0.39, 0.29) is 16.2 Å². The maximum absolute atomic E-state index is 6.05. The Labute approximate surface area is 108 Å². The van der Waals surface area contributed by atoms with Crippen molar-refractivity contribution in [2.75, 3.05) is 6.61 Å². The summed E-state index contributed by atoms with van der Waals surface area (Å²) < 4.78 is 6.05. The maximum atomic E-state index is 6.05. The maximum Gasteiger partial charge on any atom is 0.0695 e. The fraction of sp³-hybridized carbons (Fsp3) is 0.875. The van der Waals surface area contributed by atoms with Crippen molar-refractivity contribution < 1.29 is 4.74 Å². The van der Waals surface area contributed by atoms with E-state index in [0.717, 1.165) is 6.61 Å². The van der Waals surface area contributed by atoms with E-state index in [4.69, 9.17) is 4.74 Å². The largest absolute Gasteiger partial charge is 0.373 e. The van der Waals surface area contributed by atoms with Gasteiger partial charge >= 0.3 is 0 Å². The van der Waals surface area contributed by atoms with Crippen LogP contribution in [0.4, 0.5) is 0 Å². The minimum Gasteiger partial charge on any atom is -0.373 e. The monoisotopic (exact) mass is 238 g/mol. The lowest BCUT2D eigenvalue weighted by atomic mass is 9.58. The molecular formula is C16H30O. The van der Waals surface area contributed by atoms with Crippen LogP contribution in [0, 0.1) is 22.2 Å². The van der Waals surface area contributed by atoms with Crippen molar-refractivity contribution in [1.29, 1.82) is 0 Å². The second-order valence-corrected chi connectivity index (χ2v) is 8.05. The van der Waals surface area contributed by atoms with Gasteiger partial charge in [0, 0.05) is 5.92 Å². The lowest BCUT2D eigenvalue weighted by Gasteiger charge is -2.51. The molecule has 0 saturated heterocycles. The summed E-state index contributed by atoms with van der Waals surface area (Å²) in [7, 11) is 0. The van der Waals surface area contributed by atoms with E-state index in [1.54, 1.807) is 0 Å². The summed E-state index contributed by atoms with van der Waals surface area (Å²) in [5.41, 5.74) is 0.687. The van der Waals surface area contributed by atoms with E-state index >= 15 is 0 Å². The molecule has 17 heavy (non-hydrogen) atoms. The molecule has 2 atom stereocenters. The van der Waals surface area contributed by atoms with Gasteiger partial charge in [-0.3, -0.25) is 0 Å². The normalized spacial score (nSPS) is 27.3. The molecule has 2 unspecified atom stereocenters. The minimum absolute atomic E-state index is 0.192. The van der Waals surface area contributed by atoms with Crippen LogP contribution >= 0.6 is 0 Å². The van der Waals surface area contributed by atoms with Gasteiger partial charge in [-0.1, -0.05) is 67.5 Å². The molecule has 1 aliphatic rings. The zero-order valence-corrected chi connectivity index (χ0v) is 12.9. The molecule has 1 nitrogen and oxygen atoms in total. The molecule has 0 spiro atoms. The van der Waals surface area contributed by atoms with Crippen molar-refractivity contribution in [1.82, 2.24) is 0 Å². The van der Waals surface area contributed by atoms with Crippen LogP contribution in [0.15, 0.2) is 12.2 Å². The third-order valence-corrected chi connectivity index (χ3v) is 4.66. The van der Waals surface area contributed by atoms with E-state index in [0.29, 0.717) is 12.0 Å². The predicted octanol–water partition coefficient (Wildman–Crippen LogP) is 4.68. The molecule has 1 aliphatic heterocycles. The smallest absolute Gasteiger partial charge is 0.0695 e. The lowest BCUT2D eigenvalue weighted by Crippen LogP contribution is -2.49.